The molecule has 0 bridgehead atoms. The van der Waals surface area contributed by atoms with Gasteiger partial charge < -0.3 is 10.0 Å². The van der Waals surface area contributed by atoms with Crippen LogP contribution in [0.25, 0.3) is 260 Å². The molecule has 606 valence electrons. The van der Waals surface area contributed by atoms with E-state index >= 15 is 0 Å². The van der Waals surface area contributed by atoms with Crippen molar-refractivity contribution in [3.05, 3.63) is 388 Å². The second kappa shape index (κ2) is 28.9. The molecular weight excluding hydrogens is 1590 g/mol. The minimum absolute atomic E-state index is 0. The molecule has 28 rings (SSSR count). The summed E-state index contributed by atoms with van der Waals surface area (Å²) < 4.78 is 0. The molecule has 0 fully saturated rings. The lowest BCUT2D eigenvalue weighted by atomic mass is 9.74. The first-order valence-electron chi connectivity index (χ1n) is 44.1. The molecule has 0 spiro atoms. The summed E-state index contributed by atoms with van der Waals surface area (Å²) in [5.74, 6) is 0. The van der Waals surface area contributed by atoms with E-state index in [-0.39, 0.29) is 7.43 Å². The Morgan fingerprint density at radius 3 is 0.562 bits per heavy atom. The normalized spacial score (nSPS) is 12.2. The zero-order valence-electron chi connectivity index (χ0n) is 71.5. The molecule has 0 amide bonds. The van der Waals surface area contributed by atoms with E-state index in [1.807, 2.05) is 44.2 Å². The van der Waals surface area contributed by atoms with Crippen molar-refractivity contribution in [3.8, 4) is 33.4 Å². The van der Waals surface area contributed by atoms with E-state index in [0.717, 1.165) is 21.2 Å². The van der Waals surface area contributed by atoms with Gasteiger partial charge in [0.15, 0.2) is 0 Å². The first-order chi connectivity index (χ1) is 62.0. The molecular formula is C123H85BCl2O2. The van der Waals surface area contributed by atoms with Crippen molar-refractivity contribution in [1.29, 1.82) is 0 Å². The number of fused-ring (bicyclic) bond motifs is 27. The fraction of sp³-hybridized carbons (Fsp3) is 0.0732. The predicted molar refractivity (Wildman–Crippen MR) is 561 cm³/mol. The van der Waals surface area contributed by atoms with Crippen LogP contribution in [0, 0.1) is 55.4 Å². The van der Waals surface area contributed by atoms with Gasteiger partial charge in [-0.2, -0.15) is 0 Å². The minimum atomic E-state index is -1.35. The molecule has 0 heterocycles. The standard InChI is InChI=1S/C46H32.C38H24.C30H14Cl2.C8H11BO2.CH4/c1-25-9-5-10-26(2)43(25)29-17-19-31-37(21-29)33-13-7-15-35-40-24-42-32-20-18-30(44-27(3)11-6-12-28(44)4)22-38(32)34-14-8-16-36(46(34)42)39(40)23-41(31)45(33)35;1-21-8-5-9-22(2)36(21)23-16-17-26-31(18-23)28-13-7-15-30-32-19-34-25-11-4-3-10-24(25)27-12-6-14-29(37(27)34)33(32)20-35(26)38(28)30;31-15-7-9-17-23(11-15)19-3-1-5-21-25-13-28-18-10-8-16(32)12-24(18)20-4-2-6-22(30(20)28)26(25)14-27(17)29(19)21;1-6-4-3-5-7(2)8(6)9(10)11;/h5-24H,1-4H3;3-20H,1-2H3;1-14H;3-5,10-11H,1-2H3;1H4. The first-order valence-corrected chi connectivity index (χ1v) is 44.9. The van der Waals surface area contributed by atoms with Gasteiger partial charge in [0.25, 0.3) is 0 Å². The third kappa shape index (κ3) is 11.2. The molecule has 28 aromatic rings. The highest BCUT2D eigenvalue weighted by Gasteiger charge is 2.26. The average Bonchev–Trinajstić information content (AvgIpc) is 1.54. The molecule has 0 atom stereocenters. The molecule has 28 aromatic carbocycles. The van der Waals surface area contributed by atoms with E-state index < -0.39 is 7.12 Å². The quantitative estimate of drug-likeness (QED) is 0.136. The molecule has 0 aromatic heterocycles. The van der Waals surface area contributed by atoms with Gasteiger partial charge in [-0.3, -0.25) is 0 Å². The topological polar surface area (TPSA) is 40.5 Å². The smallest absolute Gasteiger partial charge is 0.423 e. The molecule has 0 saturated heterocycles. The monoisotopic (exact) mass is 1670 g/mol. The van der Waals surface area contributed by atoms with Gasteiger partial charge in [-0.1, -0.05) is 297 Å². The summed E-state index contributed by atoms with van der Waals surface area (Å²) in [6, 6.07) is 124. The van der Waals surface area contributed by atoms with E-state index in [9.17, 15) is 0 Å². The van der Waals surface area contributed by atoms with Gasteiger partial charge in [-0.25, -0.2) is 0 Å². The fourth-order valence-corrected chi connectivity index (χ4v) is 23.9. The third-order valence-corrected chi connectivity index (χ3v) is 29.4. The van der Waals surface area contributed by atoms with Gasteiger partial charge in [0.1, 0.15) is 0 Å². The molecule has 0 saturated carbocycles. The second-order valence-corrected chi connectivity index (χ2v) is 36.8. The number of benzene rings is 22. The molecule has 0 unspecified atom stereocenters. The van der Waals surface area contributed by atoms with Crippen molar-refractivity contribution in [2.75, 3.05) is 0 Å². The van der Waals surface area contributed by atoms with Crippen LogP contribution < -0.4 is 5.46 Å². The van der Waals surface area contributed by atoms with Crippen LogP contribution in [-0.2, 0) is 0 Å². The van der Waals surface area contributed by atoms with Crippen LogP contribution in [0.1, 0.15) is 51.9 Å². The zero-order valence-corrected chi connectivity index (χ0v) is 73.0. The van der Waals surface area contributed by atoms with Crippen molar-refractivity contribution in [2.45, 2.75) is 62.8 Å². The lowest BCUT2D eigenvalue weighted by Gasteiger charge is -2.10. The summed E-state index contributed by atoms with van der Waals surface area (Å²) in [6.07, 6.45) is 0. The van der Waals surface area contributed by atoms with E-state index in [0.29, 0.717) is 5.46 Å². The molecule has 2 N–H and O–H groups in total. The van der Waals surface area contributed by atoms with Gasteiger partial charge in [0.2, 0.25) is 0 Å². The summed E-state index contributed by atoms with van der Waals surface area (Å²) in [5.41, 5.74) is 18.4. The highest BCUT2D eigenvalue weighted by atomic mass is 35.5. The van der Waals surface area contributed by atoms with Crippen LogP contribution in [0.3, 0.4) is 0 Å². The Morgan fingerprint density at radius 1 is 0.164 bits per heavy atom. The van der Waals surface area contributed by atoms with Crippen LogP contribution >= 0.6 is 23.2 Å². The van der Waals surface area contributed by atoms with Gasteiger partial charge in [0, 0.05) is 10.0 Å². The van der Waals surface area contributed by atoms with Gasteiger partial charge in [0.05, 0.1) is 0 Å². The van der Waals surface area contributed by atoms with E-state index in [1.165, 1.54) is 293 Å². The van der Waals surface area contributed by atoms with Crippen molar-refractivity contribution in [3.63, 3.8) is 0 Å². The Kier molecular flexibility index (Phi) is 17.5. The van der Waals surface area contributed by atoms with Crippen LogP contribution in [-0.4, -0.2) is 17.2 Å². The Hall–Kier alpha value is -14.3. The van der Waals surface area contributed by atoms with E-state index in [4.69, 9.17) is 33.2 Å². The lowest BCUT2D eigenvalue weighted by Crippen LogP contribution is -2.34. The predicted octanol–water partition coefficient (Wildman–Crippen LogP) is 34.7. The number of rotatable bonds is 4. The summed E-state index contributed by atoms with van der Waals surface area (Å²) in [4.78, 5) is 0. The van der Waals surface area contributed by atoms with E-state index in [1.54, 1.807) is 0 Å². The number of halogens is 2. The van der Waals surface area contributed by atoms with Crippen LogP contribution in [0.5, 0.6) is 0 Å². The highest BCUT2D eigenvalue weighted by Crippen LogP contribution is 2.54. The van der Waals surface area contributed by atoms with Gasteiger partial charge in [-0.15, -0.1) is 0 Å². The molecule has 0 aliphatic carbocycles. The third-order valence-electron chi connectivity index (χ3n) is 28.9. The Morgan fingerprint density at radius 2 is 0.336 bits per heavy atom. The maximum absolute atomic E-state index is 8.94. The molecule has 2 nitrogen and oxygen atoms in total. The second-order valence-electron chi connectivity index (χ2n) is 35.9. The number of aryl methyl sites for hydroxylation is 8. The van der Waals surface area contributed by atoms with Crippen LogP contribution in [0.15, 0.2) is 334 Å². The Balaban J connectivity index is 0.000000102. The summed E-state index contributed by atoms with van der Waals surface area (Å²) >= 11 is 12.8. The van der Waals surface area contributed by atoms with Gasteiger partial charge in [-0.05, 0) is 433 Å². The fourth-order valence-electron chi connectivity index (χ4n) is 23.5. The SMILES string of the molecule is C.Cc1cccc(C)c1-c1ccc2c(c1)c1cccc3c4cc5c6ccc(-c7c(C)cccc7C)cc6c6cccc(c4cc2c13)c65.Cc1cccc(C)c1-c1ccc2c(c1)c1cccc3c4cc5c6ccccc6c6cccc(c4cc2c13)c65.Cc1cccc(C)c1B(O)O.Clc1ccc2c(c1)c1cccc3c4cc5c6ccc(Cl)cc6c6cccc(c4cc2c13)c65. The number of hydrogen-bond donors (Lipinski definition) is 2. The van der Waals surface area contributed by atoms with Crippen LogP contribution in [0.2, 0.25) is 10.0 Å². The summed E-state index contributed by atoms with van der Waals surface area (Å²) in [7, 11) is -1.35. The maximum atomic E-state index is 8.94. The minimum Gasteiger partial charge on any atom is -0.423 e. The van der Waals surface area contributed by atoms with Crippen molar-refractivity contribution >= 4 is 262 Å². The first kappa shape index (κ1) is 77.3. The lowest BCUT2D eigenvalue weighted by molar-refractivity contribution is 0.425. The largest absolute Gasteiger partial charge is 0.488 e. The Labute approximate surface area is 750 Å². The summed E-state index contributed by atoms with van der Waals surface area (Å²) in [5, 5.41) is 75.4. The zero-order chi connectivity index (χ0) is 85.5. The molecule has 0 aliphatic rings. The van der Waals surface area contributed by atoms with E-state index in [2.05, 4.69) is 345 Å². The highest BCUT2D eigenvalue weighted by molar-refractivity contribution is 6.60. The Bertz CT molecular complexity index is 9140. The summed E-state index contributed by atoms with van der Waals surface area (Å²) in [6.45, 7) is 17.1. The van der Waals surface area contributed by atoms with Crippen molar-refractivity contribution in [2.24, 2.45) is 0 Å². The molecule has 0 aliphatic heterocycles. The molecule has 5 heteroatoms. The number of hydrogen-bond acceptors (Lipinski definition) is 2. The van der Waals surface area contributed by atoms with Crippen LogP contribution in [0.4, 0.5) is 0 Å². The molecule has 0 radical (unpaired) electrons. The van der Waals surface area contributed by atoms with Crippen molar-refractivity contribution < 1.29 is 10.0 Å². The maximum Gasteiger partial charge on any atom is 0.488 e. The average molecular weight is 1680 g/mol. The van der Waals surface area contributed by atoms with Gasteiger partial charge >= 0.3 is 7.12 Å². The molecule has 128 heavy (non-hydrogen) atoms. The van der Waals surface area contributed by atoms with Crippen molar-refractivity contribution in [1.82, 2.24) is 0 Å².